The van der Waals surface area contributed by atoms with Crippen molar-refractivity contribution in [2.45, 2.75) is 31.8 Å². The molecule has 1 aliphatic carbocycles. The van der Waals surface area contributed by atoms with E-state index in [1.54, 1.807) is 11.1 Å². The summed E-state index contributed by atoms with van der Waals surface area (Å²) in [5.74, 6) is 0. The van der Waals surface area contributed by atoms with Gasteiger partial charge in [-0.3, -0.25) is 9.80 Å². The molecule has 1 atom stereocenters. The van der Waals surface area contributed by atoms with Crippen LogP contribution < -0.4 is 5.32 Å². The molecular weight excluding hydrogens is 246 g/mol. The zero-order chi connectivity index (χ0) is 13.5. The first-order valence-corrected chi connectivity index (χ1v) is 8.09. The Balaban J connectivity index is 1.44. The number of benzene rings is 1. The fourth-order valence-corrected chi connectivity index (χ4v) is 4.03. The number of piperazine rings is 1. The largest absolute Gasteiger partial charge is 0.314 e. The van der Waals surface area contributed by atoms with Crippen LogP contribution in [0.5, 0.6) is 0 Å². The Labute approximate surface area is 121 Å². The van der Waals surface area contributed by atoms with Crippen molar-refractivity contribution in [1.29, 1.82) is 0 Å². The molecule has 3 heteroatoms. The number of hydrogen-bond acceptors (Lipinski definition) is 3. The van der Waals surface area contributed by atoms with Crippen LogP contribution in [0.1, 0.15) is 29.2 Å². The van der Waals surface area contributed by atoms with Crippen LogP contribution in [0.3, 0.4) is 0 Å². The van der Waals surface area contributed by atoms with Crippen LogP contribution in [0.4, 0.5) is 0 Å². The summed E-state index contributed by atoms with van der Waals surface area (Å²) in [6, 6.07) is 8.54. The van der Waals surface area contributed by atoms with Crippen LogP contribution in [-0.4, -0.2) is 55.1 Å². The number of nitrogens with one attached hydrogen (secondary N) is 1. The first kappa shape index (κ1) is 12.8. The number of rotatable bonds is 2. The highest BCUT2D eigenvalue weighted by Crippen LogP contribution is 2.36. The fraction of sp³-hybridized carbons (Fsp3) is 0.647. The van der Waals surface area contributed by atoms with Crippen molar-refractivity contribution in [2.24, 2.45) is 0 Å². The molecule has 2 saturated heterocycles. The number of fused-ring (bicyclic) bond motifs is 1. The Bertz CT molecular complexity index is 487. The fourth-order valence-electron chi connectivity index (χ4n) is 4.03. The van der Waals surface area contributed by atoms with Crippen LogP contribution in [-0.2, 0) is 6.42 Å². The van der Waals surface area contributed by atoms with Crippen molar-refractivity contribution < 1.29 is 0 Å². The molecule has 0 bridgehead atoms. The molecule has 108 valence electrons. The molecule has 0 amide bonds. The quantitative estimate of drug-likeness (QED) is 0.881. The average Bonchev–Trinajstić information content (AvgIpc) is 2.80. The molecule has 4 rings (SSSR count). The van der Waals surface area contributed by atoms with E-state index in [0.717, 1.165) is 6.04 Å². The minimum Gasteiger partial charge on any atom is -0.314 e. The monoisotopic (exact) mass is 271 g/mol. The first-order valence-electron chi connectivity index (χ1n) is 8.09. The van der Waals surface area contributed by atoms with Crippen molar-refractivity contribution in [3.05, 3.63) is 34.9 Å². The lowest BCUT2D eigenvalue weighted by atomic mass is 10.0. The molecule has 0 saturated carbocycles. The van der Waals surface area contributed by atoms with Crippen LogP contribution in [0, 0.1) is 6.92 Å². The van der Waals surface area contributed by atoms with E-state index in [4.69, 9.17) is 0 Å². The van der Waals surface area contributed by atoms with E-state index >= 15 is 0 Å². The van der Waals surface area contributed by atoms with E-state index in [9.17, 15) is 0 Å². The molecule has 1 unspecified atom stereocenters. The Hall–Kier alpha value is -0.900. The molecule has 2 heterocycles. The smallest absolute Gasteiger partial charge is 0.0355 e. The van der Waals surface area contributed by atoms with Gasteiger partial charge in [0.15, 0.2) is 0 Å². The maximum Gasteiger partial charge on any atom is 0.0355 e. The Morgan fingerprint density at radius 3 is 2.50 bits per heavy atom. The Morgan fingerprint density at radius 1 is 1.05 bits per heavy atom. The normalized spacial score (nSPS) is 28.4. The maximum absolute atomic E-state index is 3.39. The van der Waals surface area contributed by atoms with Gasteiger partial charge in [-0.1, -0.05) is 23.8 Å². The zero-order valence-corrected chi connectivity index (χ0v) is 12.4. The third-order valence-corrected chi connectivity index (χ3v) is 5.41. The van der Waals surface area contributed by atoms with Crippen LogP contribution >= 0.6 is 0 Å². The molecule has 0 radical (unpaired) electrons. The highest BCUT2D eigenvalue weighted by molar-refractivity contribution is 5.37. The summed E-state index contributed by atoms with van der Waals surface area (Å²) in [7, 11) is 0. The molecule has 0 aromatic heterocycles. The van der Waals surface area contributed by atoms with Gasteiger partial charge in [-0.05, 0) is 30.9 Å². The van der Waals surface area contributed by atoms with E-state index in [1.165, 1.54) is 57.7 Å². The molecule has 0 spiro atoms. The highest BCUT2D eigenvalue weighted by atomic mass is 15.3. The third-order valence-electron chi connectivity index (χ3n) is 5.41. The van der Waals surface area contributed by atoms with Crippen molar-refractivity contribution in [3.63, 3.8) is 0 Å². The molecular formula is C17H25N3. The predicted octanol–water partition coefficient (Wildman–Crippen LogP) is 1.57. The second-order valence-corrected chi connectivity index (χ2v) is 6.64. The van der Waals surface area contributed by atoms with E-state index in [-0.39, 0.29) is 0 Å². The standard InChI is InChI=1S/C17H25N3/c1-13-2-3-14-4-5-17(16(14)10-13)20-8-6-19(7-9-20)15-11-18-12-15/h2-3,10,15,17-18H,4-9,11-12H2,1H3. The zero-order valence-electron chi connectivity index (χ0n) is 12.4. The SMILES string of the molecule is Cc1ccc2c(c1)C(N1CCN(C3CNC3)CC1)CC2. The molecule has 1 aromatic rings. The summed E-state index contributed by atoms with van der Waals surface area (Å²) in [5.41, 5.74) is 4.62. The van der Waals surface area contributed by atoms with Crippen LogP contribution in [0.2, 0.25) is 0 Å². The predicted molar refractivity (Wildman–Crippen MR) is 82.0 cm³/mol. The summed E-state index contributed by atoms with van der Waals surface area (Å²) in [5, 5.41) is 3.39. The van der Waals surface area contributed by atoms with Gasteiger partial charge in [-0.25, -0.2) is 0 Å². The van der Waals surface area contributed by atoms with Gasteiger partial charge in [-0.2, -0.15) is 0 Å². The molecule has 1 N–H and O–H groups in total. The molecule has 2 fully saturated rings. The lowest BCUT2D eigenvalue weighted by Crippen LogP contribution is -2.61. The van der Waals surface area contributed by atoms with Gasteiger partial charge < -0.3 is 5.32 Å². The lowest BCUT2D eigenvalue weighted by molar-refractivity contribution is 0.0515. The number of hydrogen-bond donors (Lipinski definition) is 1. The minimum absolute atomic E-state index is 0.687. The second-order valence-electron chi connectivity index (χ2n) is 6.64. The Kier molecular flexibility index (Phi) is 3.29. The van der Waals surface area contributed by atoms with Gasteiger partial charge in [0.05, 0.1) is 0 Å². The second kappa shape index (κ2) is 5.14. The Morgan fingerprint density at radius 2 is 1.80 bits per heavy atom. The van der Waals surface area contributed by atoms with Gasteiger partial charge in [0.2, 0.25) is 0 Å². The van der Waals surface area contributed by atoms with Crippen molar-refractivity contribution >= 4 is 0 Å². The third kappa shape index (κ3) is 2.18. The number of nitrogens with zero attached hydrogens (tertiary/aromatic N) is 2. The van der Waals surface area contributed by atoms with Crippen molar-refractivity contribution in [2.75, 3.05) is 39.3 Å². The summed E-state index contributed by atoms with van der Waals surface area (Å²) in [4.78, 5) is 5.41. The maximum atomic E-state index is 3.39. The molecule has 3 nitrogen and oxygen atoms in total. The molecule has 20 heavy (non-hydrogen) atoms. The minimum atomic E-state index is 0.687. The number of aryl methyl sites for hydroxylation is 2. The molecule has 3 aliphatic rings. The van der Waals surface area contributed by atoms with E-state index in [2.05, 4.69) is 40.2 Å². The topological polar surface area (TPSA) is 18.5 Å². The van der Waals surface area contributed by atoms with Crippen LogP contribution in [0.25, 0.3) is 0 Å². The van der Waals surface area contributed by atoms with Crippen LogP contribution in [0.15, 0.2) is 18.2 Å². The van der Waals surface area contributed by atoms with Gasteiger partial charge in [0.1, 0.15) is 0 Å². The average molecular weight is 271 g/mol. The summed E-state index contributed by atoms with van der Waals surface area (Å²) in [6.45, 7) is 9.62. The van der Waals surface area contributed by atoms with E-state index < -0.39 is 0 Å². The van der Waals surface area contributed by atoms with Crippen molar-refractivity contribution in [3.8, 4) is 0 Å². The van der Waals surface area contributed by atoms with Gasteiger partial charge in [-0.15, -0.1) is 0 Å². The van der Waals surface area contributed by atoms with Gasteiger partial charge in [0, 0.05) is 51.4 Å². The van der Waals surface area contributed by atoms with Gasteiger partial charge >= 0.3 is 0 Å². The van der Waals surface area contributed by atoms with E-state index in [0.29, 0.717) is 6.04 Å². The summed E-state index contributed by atoms with van der Waals surface area (Å²) < 4.78 is 0. The summed E-state index contributed by atoms with van der Waals surface area (Å²) >= 11 is 0. The van der Waals surface area contributed by atoms with Gasteiger partial charge in [0.25, 0.3) is 0 Å². The highest BCUT2D eigenvalue weighted by Gasteiger charge is 2.33. The van der Waals surface area contributed by atoms with Crippen molar-refractivity contribution in [1.82, 2.24) is 15.1 Å². The lowest BCUT2D eigenvalue weighted by Gasteiger charge is -2.44. The molecule has 2 aliphatic heterocycles. The first-order chi connectivity index (χ1) is 9.81. The van der Waals surface area contributed by atoms with E-state index in [1.807, 2.05) is 0 Å². The molecule has 1 aromatic carbocycles. The summed E-state index contributed by atoms with van der Waals surface area (Å²) in [6.07, 6.45) is 2.59.